The van der Waals surface area contributed by atoms with Gasteiger partial charge in [0.1, 0.15) is 22.1 Å². The molecule has 0 fully saturated rings. The van der Waals surface area contributed by atoms with Gasteiger partial charge in [-0.15, -0.1) is 0 Å². The molecule has 174 valence electrons. The molecule has 2 aromatic carbocycles. The molecule has 0 aliphatic heterocycles. The minimum absolute atomic E-state index is 0.0669. The lowest BCUT2D eigenvalue weighted by atomic mass is 10.2. The Balaban J connectivity index is 2.22. The van der Waals surface area contributed by atoms with Crippen LogP contribution < -0.4 is 14.8 Å². The summed E-state index contributed by atoms with van der Waals surface area (Å²) in [7, 11) is -3.96. The SMILES string of the molecule is CCCCCCNS(=O)(=O)c1cc(Oc2c(C)cc(NC(=O)C(=O)O)cc2Cl)ccc1O. The van der Waals surface area contributed by atoms with Crippen LogP contribution in [0.4, 0.5) is 5.69 Å². The lowest BCUT2D eigenvalue weighted by molar-refractivity contribution is -0.147. The summed E-state index contributed by atoms with van der Waals surface area (Å²) in [4.78, 5) is 21.7. The number of carbonyl (C=O) groups is 2. The molecule has 2 aromatic rings. The van der Waals surface area contributed by atoms with Crippen LogP contribution in [0.15, 0.2) is 35.2 Å². The number of aliphatic carboxylic acids is 1. The average molecular weight is 485 g/mol. The molecule has 0 aromatic heterocycles. The summed E-state index contributed by atoms with van der Waals surface area (Å²) < 4.78 is 33.4. The molecule has 0 radical (unpaired) electrons. The first-order valence-corrected chi connectivity index (χ1v) is 11.8. The van der Waals surface area contributed by atoms with Crippen molar-refractivity contribution in [3.05, 3.63) is 40.9 Å². The molecule has 11 heteroatoms. The average Bonchev–Trinajstić information content (AvgIpc) is 2.71. The molecule has 0 saturated heterocycles. The van der Waals surface area contributed by atoms with Gasteiger partial charge in [-0.05, 0) is 43.2 Å². The maximum absolute atomic E-state index is 12.6. The second-order valence-corrected chi connectivity index (χ2v) is 9.20. The Morgan fingerprint density at radius 3 is 2.47 bits per heavy atom. The van der Waals surface area contributed by atoms with Crippen molar-refractivity contribution in [3.8, 4) is 17.2 Å². The minimum atomic E-state index is -3.96. The van der Waals surface area contributed by atoms with Gasteiger partial charge >= 0.3 is 11.9 Å². The molecule has 4 N–H and O–H groups in total. The second kappa shape index (κ2) is 11.2. The zero-order valence-electron chi connectivity index (χ0n) is 17.6. The Morgan fingerprint density at radius 2 is 1.84 bits per heavy atom. The zero-order valence-corrected chi connectivity index (χ0v) is 19.2. The van der Waals surface area contributed by atoms with Gasteiger partial charge < -0.3 is 20.3 Å². The van der Waals surface area contributed by atoms with Crippen LogP contribution in [-0.4, -0.2) is 37.1 Å². The molecule has 32 heavy (non-hydrogen) atoms. The lowest BCUT2D eigenvalue weighted by Gasteiger charge is -2.14. The number of hydrogen-bond donors (Lipinski definition) is 4. The van der Waals surface area contributed by atoms with E-state index >= 15 is 0 Å². The smallest absolute Gasteiger partial charge is 0.394 e. The summed E-state index contributed by atoms with van der Waals surface area (Å²) in [6.45, 7) is 3.93. The van der Waals surface area contributed by atoms with Gasteiger partial charge in [0.2, 0.25) is 10.0 Å². The third-order valence-electron chi connectivity index (χ3n) is 4.44. The van der Waals surface area contributed by atoms with Crippen molar-refractivity contribution in [2.75, 3.05) is 11.9 Å². The maximum Gasteiger partial charge on any atom is 0.394 e. The number of phenols is 1. The van der Waals surface area contributed by atoms with Crippen molar-refractivity contribution >= 4 is 39.2 Å². The molecule has 0 aliphatic rings. The van der Waals surface area contributed by atoms with Crippen LogP contribution in [0.2, 0.25) is 5.02 Å². The van der Waals surface area contributed by atoms with Crippen molar-refractivity contribution in [1.29, 1.82) is 0 Å². The third kappa shape index (κ3) is 6.84. The Kier molecular flexibility index (Phi) is 8.88. The molecule has 9 nitrogen and oxygen atoms in total. The molecule has 2 rings (SSSR count). The molecule has 0 aliphatic carbocycles. The Hall–Kier alpha value is -2.82. The first-order valence-electron chi connectivity index (χ1n) is 9.90. The number of benzene rings is 2. The first kappa shape index (κ1) is 25.4. The monoisotopic (exact) mass is 484 g/mol. The van der Waals surface area contributed by atoms with Crippen molar-refractivity contribution in [2.45, 2.75) is 44.4 Å². The Bertz CT molecular complexity index is 1080. The van der Waals surface area contributed by atoms with Gasteiger partial charge in [0.15, 0.2) is 0 Å². The number of aromatic hydroxyl groups is 1. The molecular formula is C21H25ClN2O7S. The first-order chi connectivity index (χ1) is 15.0. The molecule has 0 unspecified atom stereocenters. The van der Waals surface area contributed by atoms with E-state index in [9.17, 15) is 23.1 Å². The molecule has 0 atom stereocenters. The van der Waals surface area contributed by atoms with Crippen LogP contribution in [0.3, 0.4) is 0 Å². The van der Waals surface area contributed by atoms with Gasteiger partial charge in [0.05, 0.1) is 5.02 Å². The Morgan fingerprint density at radius 1 is 1.12 bits per heavy atom. The van der Waals surface area contributed by atoms with Crippen molar-refractivity contribution < 1.29 is 33.0 Å². The fourth-order valence-electron chi connectivity index (χ4n) is 2.84. The van der Waals surface area contributed by atoms with Crippen LogP contribution in [0.5, 0.6) is 17.2 Å². The van der Waals surface area contributed by atoms with Crippen LogP contribution in [0.25, 0.3) is 0 Å². The van der Waals surface area contributed by atoms with Crippen LogP contribution in [0.1, 0.15) is 38.2 Å². The molecule has 0 saturated carbocycles. The number of carbonyl (C=O) groups excluding carboxylic acids is 1. The zero-order chi connectivity index (χ0) is 23.9. The van der Waals surface area contributed by atoms with E-state index in [0.717, 1.165) is 19.3 Å². The van der Waals surface area contributed by atoms with Gasteiger partial charge in [-0.1, -0.05) is 37.8 Å². The van der Waals surface area contributed by atoms with E-state index in [1.807, 2.05) is 0 Å². The van der Waals surface area contributed by atoms with Crippen LogP contribution in [-0.2, 0) is 19.6 Å². The number of nitrogens with one attached hydrogen (secondary N) is 2. The number of carboxylic acids is 1. The summed E-state index contributed by atoms with van der Waals surface area (Å²) in [6, 6.07) is 6.52. The quantitative estimate of drug-likeness (QED) is 0.294. The number of amides is 1. The summed E-state index contributed by atoms with van der Waals surface area (Å²) >= 11 is 6.22. The van der Waals surface area contributed by atoms with Gasteiger partial charge in [0, 0.05) is 18.3 Å². The summed E-state index contributed by atoms with van der Waals surface area (Å²) in [6.07, 6.45) is 3.62. The van der Waals surface area contributed by atoms with Crippen molar-refractivity contribution in [1.82, 2.24) is 4.72 Å². The largest absolute Gasteiger partial charge is 0.507 e. The number of anilines is 1. The number of sulfonamides is 1. The molecular weight excluding hydrogens is 460 g/mol. The summed E-state index contributed by atoms with van der Waals surface area (Å²) in [5.74, 6) is -2.99. The van der Waals surface area contributed by atoms with E-state index in [-0.39, 0.29) is 33.6 Å². The third-order valence-corrected chi connectivity index (χ3v) is 6.22. The predicted molar refractivity (Wildman–Crippen MR) is 120 cm³/mol. The van der Waals surface area contributed by atoms with Crippen molar-refractivity contribution in [3.63, 3.8) is 0 Å². The minimum Gasteiger partial charge on any atom is -0.507 e. The normalized spacial score (nSPS) is 11.2. The van der Waals surface area contributed by atoms with Crippen LogP contribution >= 0.6 is 11.6 Å². The number of hydrogen-bond acceptors (Lipinski definition) is 6. The van der Waals surface area contributed by atoms with E-state index in [1.165, 1.54) is 30.3 Å². The lowest BCUT2D eigenvalue weighted by Crippen LogP contribution is -2.24. The van der Waals surface area contributed by atoms with Crippen molar-refractivity contribution in [2.24, 2.45) is 0 Å². The highest BCUT2D eigenvalue weighted by atomic mass is 35.5. The number of carboxylic acid groups (broad SMARTS) is 1. The Labute approximate surface area is 191 Å². The number of phenolic OH excluding ortho intramolecular Hbond substituents is 1. The highest BCUT2D eigenvalue weighted by Crippen LogP contribution is 2.37. The molecule has 0 bridgehead atoms. The standard InChI is InChI=1S/C21H25ClN2O7S/c1-3-4-5-6-9-23-32(29,30)18-12-15(7-8-17(18)25)31-19-13(2)10-14(11-16(19)22)24-20(26)21(27)28/h7-8,10-12,23,25H,3-6,9H2,1-2H3,(H,24,26)(H,27,28). The van der Waals surface area contributed by atoms with Gasteiger partial charge in [-0.25, -0.2) is 17.9 Å². The fraction of sp³-hybridized carbons (Fsp3) is 0.333. The number of halogens is 1. The molecule has 0 spiro atoms. The van der Waals surface area contributed by atoms with E-state index < -0.39 is 27.6 Å². The molecule has 0 heterocycles. The molecule has 1 amide bonds. The fourth-order valence-corrected chi connectivity index (χ4v) is 4.33. The van der Waals surface area contributed by atoms with E-state index in [0.29, 0.717) is 12.0 Å². The summed E-state index contributed by atoms with van der Waals surface area (Å²) in [5, 5.41) is 21.0. The van der Waals surface area contributed by atoms with Gasteiger partial charge in [-0.2, -0.15) is 0 Å². The van der Waals surface area contributed by atoms with E-state index in [4.69, 9.17) is 21.4 Å². The second-order valence-electron chi connectivity index (χ2n) is 7.05. The van der Waals surface area contributed by atoms with Gasteiger partial charge in [-0.3, -0.25) is 4.79 Å². The van der Waals surface area contributed by atoms with Crippen LogP contribution in [0, 0.1) is 6.92 Å². The number of ether oxygens (including phenoxy) is 1. The maximum atomic E-state index is 12.6. The topological polar surface area (TPSA) is 142 Å². The van der Waals surface area contributed by atoms with Gasteiger partial charge in [0.25, 0.3) is 0 Å². The number of aryl methyl sites for hydroxylation is 1. The number of unbranched alkanes of at least 4 members (excludes halogenated alkanes) is 3. The number of rotatable bonds is 10. The van der Waals surface area contributed by atoms with E-state index in [1.54, 1.807) is 6.92 Å². The highest BCUT2D eigenvalue weighted by molar-refractivity contribution is 7.89. The predicted octanol–water partition coefficient (Wildman–Crippen LogP) is 4.03. The summed E-state index contributed by atoms with van der Waals surface area (Å²) in [5.41, 5.74) is 0.623. The highest BCUT2D eigenvalue weighted by Gasteiger charge is 2.20. The van der Waals surface area contributed by atoms with E-state index in [2.05, 4.69) is 17.0 Å².